The number of benzene rings is 2. The smallest absolute Gasteiger partial charge is 0.108 e. The van der Waals surface area contributed by atoms with E-state index >= 15 is 0 Å². The fraction of sp³-hybridized carbons (Fsp3) is 0.167. The lowest BCUT2D eigenvalue weighted by atomic mass is 10.1. The van der Waals surface area contributed by atoms with E-state index in [1.807, 2.05) is 30.3 Å². The van der Waals surface area contributed by atoms with Crippen LogP contribution >= 0.6 is 15.9 Å². The van der Waals surface area contributed by atoms with Gasteiger partial charge in [-0.3, -0.25) is 15.7 Å². The molecule has 120 valence electrons. The molecular formula is C18H16BrN5. The van der Waals surface area contributed by atoms with Gasteiger partial charge in [0.25, 0.3) is 0 Å². The Morgan fingerprint density at radius 3 is 2.50 bits per heavy atom. The summed E-state index contributed by atoms with van der Waals surface area (Å²) in [7, 11) is 0. The molecule has 0 fully saturated rings. The molecule has 0 radical (unpaired) electrons. The Bertz CT molecular complexity index is 851. The summed E-state index contributed by atoms with van der Waals surface area (Å²) in [6.07, 6.45) is 0.530. The Labute approximate surface area is 149 Å². The van der Waals surface area contributed by atoms with Gasteiger partial charge in [0.15, 0.2) is 0 Å². The second kappa shape index (κ2) is 6.46. The predicted molar refractivity (Wildman–Crippen MR) is 101 cm³/mol. The Hall–Kier alpha value is -2.65. The van der Waals surface area contributed by atoms with Gasteiger partial charge in [0, 0.05) is 23.1 Å². The van der Waals surface area contributed by atoms with Crippen molar-refractivity contribution in [3.05, 3.63) is 52.5 Å². The molecule has 2 aromatic carbocycles. The Kier molecular flexibility index (Phi) is 4.36. The highest BCUT2D eigenvalue weighted by Crippen LogP contribution is 2.39. The first kappa shape index (κ1) is 16.2. The summed E-state index contributed by atoms with van der Waals surface area (Å²) in [5, 5.41) is 25.3. The zero-order valence-electron chi connectivity index (χ0n) is 13.2. The third kappa shape index (κ3) is 2.91. The minimum Gasteiger partial charge on any atom is -0.339 e. The molecule has 0 aliphatic carbocycles. The van der Waals surface area contributed by atoms with E-state index in [1.165, 1.54) is 0 Å². The first-order chi connectivity index (χ1) is 11.5. The van der Waals surface area contributed by atoms with Crippen LogP contribution in [0.2, 0.25) is 0 Å². The van der Waals surface area contributed by atoms with Crippen molar-refractivity contribution in [1.29, 1.82) is 16.1 Å². The molecule has 0 saturated heterocycles. The predicted octanol–water partition coefficient (Wildman–Crippen LogP) is 4.64. The number of fused-ring (bicyclic) bond motifs is 1. The van der Waals surface area contributed by atoms with Gasteiger partial charge in [-0.05, 0) is 49.4 Å². The van der Waals surface area contributed by atoms with Gasteiger partial charge in [0.2, 0.25) is 0 Å². The molecule has 0 atom stereocenters. The number of anilines is 3. The SMILES string of the molecule is CC(=N)N1C(=N)CCN(c2ccc(C#N)cc2)c2cc(Br)ccc21. The number of nitriles is 1. The van der Waals surface area contributed by atoms with Crippen molar-refractivity contribution in [2.75, 3.05) is 16.3 Å². The van der Waals surface area contributed by atoms with E-state index in [0.717, 1.165) is 21.5 Å². The molecule has 0 spiro atoms. The lowest BCUT2D eigenvalue weighted by Gasteiger charge is -2.27. The molecular weight excluding hydrogens is 366 g/mol. The molecule has 0 saturated carbocycles. The summed E-state index contributed by atoms with van der Waals surface area (Å²) in [5.41, 5.74) is 3.33. The molecule has 0 aromatic heterocycles. The number of amidine groups is 2. The zero-order valence-corrected chi connectivity index (χ0v) is 14.8. The number of hydrogen-bond donors (Lipinski definition) is 2. The molecule has 6 heteroatoms. The highest BCUT2D eigenvalue weighted by atomic mass is 79.9. The van der Waals surface area contributed by atoms with Crippen molar-refractivity contribution in [3.8, 4) is 6.07 Å². The van der Waals surface area contributed by atoms with E-state index in [2.05, 4.69) is 26.9 Å². The Morgan fingerprint density at radius 2 is 1.88 bits per heavy atom. The van der Waals surface area contributed by atoms with Gasteiger partial charge in [0.05, 0.1) is 23.0 Å². The number of hydrogen-bond acceptors (Lipinski definition) is 4. The molecule has 2 aromatic rings. The van der Waals surface area contributed by atoms with Crippen molar-refractivity contribution in [1.82, 2.24) is 0 Å². The van der Waals surface area contributed by atoms with Gasteiger partial charge in [0.1, 0.15) is 11.7 Å². The first-order valence-corrected chi connectivity index (χ1v) is 8.30. The van der Waals surface area contributed by atoms with E-state index in [4.69, 9.17) is 16.1 Å². The third-order valence-electron chi connectivity index (χ3n) is 3.95. The molecule has 1 aliphatic heterocycles. The van der Waals surface area contributed by atoms with E-state index < -0.39 is 0 Å². The molecule has 0 amide bonds. The summed E-state index contributed by atoms with van der Waals surface area (Å²) in [6.45, 7) is 2.33. The zero-order chi connectivity index (χ0) is 17.3. The van der Waals surface area contributed by atoms with Crippen molar-refractivity contribution in [2.24, 2.45) is 0 Å². The molecule has 3 rings (SSSR count). The number of halogens is 1. The molecule has 2 N–H and O–H groups in total. The maximum absolute atomic E-state index is 8.98. The Balaban J connectivity index is 2.15. The molecule has 24 heavy (non-hydrogen) atoms. The fourth-order valence-corrected chi connectivity index (χ4v) is 3.21. The summed E-state index contributed by atoms with van der Waals surface area (Å²) in [5.74, 6) is 0.729. The molecule has 5 nitrogen and oxygen atoms in total. The van der Waals surface area contributed by atoms with E-state index in [0.29, 0.717) is 30.2 Å². The standard InChI is InChI=1S/C18H16BrN5/c1-12(21)24-16-7-4-14(19)10-17(16)23(9-8-18(24)22)15-5-2-13(11-20)3-6-15/h2-7,10,21-22H,8-9H2,1H3. The van der Waals surface area contributed by atoms with Gasteiger partial charge in [-0.25, -0.2) is 0 Å². The van der Waals surface area contributed by atoms with Crippen molar-refractivity contribution in [3.63, 3.8) is 0 Å². The quantitative estimate of drug-likeness (QED) is 0.557. The largest absolute Gasteiger partial charge is 0.339 e. The summed E-state index contributed by atoms with van der Waals surface area (Å²) < 4.78 is 0.941. The number of nitrogens with one attached hydrogen (secondary N) is 2. The molecule has 0 unspecified atom stereocenters. The second-order valence-electron chi connectivity index (χ2n) is 5.56. The van der Waals surface area contributed by atoms with Gasteiger partial charge in [-0.1, -0.05) is 15.9 Å². The fourth-order valence-electron chi connectivity index (χ4n) is 2.86. The van der Waals surface area contributed by atoms with Gasteiger partial charge in [-0.2, -0.15) is 5.26 Å². The van der Waals surface area contributed by atoms with Gasteiger partial charge < -0.3 is 4.90 Å². The van der Waals surface area contributed by atoms with E-state index in [-0.39, 0.29) is 0 Å². The van der Waals surface area contributed by atoms with Crippen LogP contribution < -0.4 is 9.80 Å². The average molecular weight is 382 g/mol. The van der Waals surface area contributed by atoms with Crippen LogP contribution in [-0.2, 0) is 0 Å². The lowest BCUT2D eigenvalue weighted by Crippen LogP contribution is -2.33. The number of nitrogens with zero attached hydrogens (tertiary/aromatic N) is 3. The maximum Gasteiger partial charge on any atom is 0.108 e. The highest BCUT2D eigenvalue weighted by molar-refractivity contribution is 9.10. The topological polar surface area (TPSA) is 78.0 Å². The van der Waals surface area contributed by atoms with Crippen LogP contribution in [0.5, 0.6) is 0 Å². The van der Waals surface area contributed by atoms with Crippen LogP contribution in [0.4, 0.5) is 17.1 Å². The van der Waals surface area contributed by atoms with Crippen LogP contribution in [0, 0.1) is 22.1 Å². The van der Waals surface area contributed by atoms with Crippen LogP contribution in [0.3, 0.4) is 0 Å². The Morgan fingerprint density at radius 1 is 1.17 bits per heavy atom. The van der Waals surface area contributed by atoms with Crippen LogP contribution in [0.15, 0.2) is 46.9 Å². The summed E-state index contributed by atoms with van der Waals surface area (Å²) in [6, 6.07) is 15.4. The minimum absolute atomic E-state index is 0.324. The summed E-state index contributed by atoms with van der Waals surface area (Å²) >= 11 is 3.52. The average Bonchev–Trinajstić information content (AvgIpc) is 2.71. The van der Waals surface area contributed by atoms with E-state index in [9.17, 15) is 0 Å². The third-order valence-corrected chi connectivity index (χ3v) is 4.45. The first-order valence-electron chi connectivity index (χ1n) is 7.51. The molecule has 0 bridgehead atoms. The van der Waals surface area contributed by atoms with Gasteiger partial charge >= 0.3 is 0 Å². The van der Waals surface area contributed by atoms with Crippen molar-refractivity contribution in [2.45, 2.75) is 13.3 Å². The summed E-state index contributed by atoms with van der Waals surface area (Å²) in [4.78, 5) is 3.80. The van der Waals surface area contributed by atoms with Crippen LogP contribution in [-0.4, -0.2) is 18.2 Å². The van der Waals surface area contributed by atoms with Crippen molar-refractivity contribution >= 4 is 44.7 Å². The normalized spacial score (nSPS) is 14.0. The lowest BCUT2D eigenvalue weighted by molar-refractivity contribution is 0.969. The van der Waals surface area contributed by atoms with Crippen molar-refractivity contribution < 1.29 is 0 Å². The van der Waals surface area contributed by atoms with Gasteiger partial charge in [-0.15, -0.1) is 0 Å². The second-order valence-corrected chi connectivity index (χ2v) is 6.48. The molecule has 1 heterocycles. The highest BCUT2D eigenvalue weighted by Gasteiger charge is 2.26. The van der Waals surface area contributed by atoms with E-state index in [1.54, 1.807) is 24.0 Å². The number of rotatable bonds is 1. The molecule has 1 aliphatic rings. The monoisotopic (exact) mass is 381 g/mol. The van der Waals surface area contributed by atoms with Crippen LogP contribution in [0.1, 0.15) is 18.9 Å². The maximum atomic E-state index is 8.98. The minimum atomic E-state index is 0.324. The van der Waals surface area contributed by atoms with Crippen LogP contribution in [0.25, 0.3) is 0 Å².